The number of alkyl halides is 3. The summed E-state index contributed by atoms with van der Waals surface area (Å²) in [6, 6.07) is 12.4. The molecule has 2 aromatic rings. The van der Waals surface area contributed by atoms with Gasteiger partial charge < -0.3 is 20.1 Å². The largest absolute Gasteiger partial charge is 0.573 e. The van der Waals surface area contributed by atoms with E-state index in [1.807, 2.05) is 31.2 Å². The maximum absolute atomic E-state index is 12.3. The van der Waals surface area contributed by atoms with Crippen molar-refractivity contribution in [2.45, 2.75) is 19.3 Å². The molecule has 0 aromatic heterocycles. The van der Waals surface area contributed by atoms with Crippen LogP contribution in [0.3, 0.4) is 0 Å². The molecule has 10 heteroatoms. The van der Waals surface area contributed by atoms with Crippen molar-refractivity contribution in [1.82, 2.24) is 10.2 Å². The fraction of sp³-hybridized carbons (Fsp3) is 0.364. The van der Waals surface area contributed by atoms with E-state index in [0.717, 1.165) is 23.3 Å². The molecule has 2 amide bonds. The Hall–Kier alpha value is -3.11. The highest BCUT2D eigenvalue weighted by molar-refractivity contribution is 6.39. The number of morpholine rings is 1. The minimum Gasteiger partial charge on any atom is -0.406 e. The fourth-order valence-corrected chi connectivity index (χ4v) is 3.33. The molecule has 0 spiro atoms. The normalized spacial score (nSPS) is 15.6. The first-order chi connectivity index (χ1) is 15.2. The molecule has 1 aliphatic heterocycles. The van der Waals surface area contributed by atoms with E-state index >= 15 is 0 Å². The van der Waals surface area contributed by atoms with Crippen LogP contribution in [0.15, 0.2) is 48.5 Å². The third-order valence-corrected chi connectivity index (χ3v) is 4.96. The second-order valence-electron chi connectivity index (χ2n) is 7.31. The summed E-state index contributed by atoms with van der Waals surface area (Å²) in [7, 11) is 0. The molecule has 1 atom stereocenters. The molecule has 1 fully saturated rings. The first-order valence-electron chi connectivity index (χ1n) is 10.0. The van der Waals surface area contributed by atoms with Crippen LogP contribution in [0.5, 0.6) is 5.75 Å². The lowest BCUT2D eigenvalue weighted by Crippen LogP contribution is -2.45. The number of benzene rings is 2. The van der Waals surface area contributed by atoms with Crippen LogP contribution in [-0.2, 0) is 14.3 Å². The van der Waals surface area contributed by atoms with E-state index in [4.69, 9.17) is 4.74 Å². The standard InChI is InChI=1S/C22H24F3N3O4/c1-15-2-4-16(5-3-15)19(28-10-12-31-13-11-28)14-26-20(29)21(30)27-17-6-8-18(9-7-17)32-22(23,24)25/h2-9,19H,10-14H2,1H3,(H,26,29)(H,27,30)/t19-/m0/s1. The number of carbonyl (C=O) groups excluding carboxylic acids is 2. The number of carbonyl (C=O) groups is 2. The Labute approximate surface area is 183 Å². The van der Waals surface area contributed by atoms with Crippen LogP contribution >= 0.6 is 0 Å². The van der Waals surface area contributed by atoms with Crippen LogP contribution in [0.4, 0.5) is 18.9 Å². The first kappa shape index (κ1) is 23.6. The van der Waals surface area contributed by atoms with E-state index in [2.05, 4.69) is 20.3 Å². The lowest BCUT2D eigenvalue weighted by molar-refractivity contribution is -0.274. The molecular weight excluding hydrogens is 427 g/mol. The van der Waals surface area contributed by atoms with Crippen LogP contribution < -0.4 is 15.4 Å². The highest BCUT2D eigenvalue weighted by atomic mass is 19.4. The van der Waals surface area contributed by atoms with Crippen LogP contribution in [0.25, 0.3) is 0 Å². The SMILES string of the molecule is Cc1ccc([C@H](CNC(=O)C(=O)Nc2ccc(OC(F)(F)F)cc2)N2CCOCC2)cc1. The molecule has 7 nitrogen and oxygen atoms in total. The van der Waals surface area contributed by atoms with E-state index in [1.165, 1.54) is 12.1 Å². The van der Waals surface area contributed by atoms with E-state index < -0.39 is 23.9 Å². The van der Waals surface area contributed by atoms with Crippen molar-refractivity contribution in [2.24, 2.45) is 0 Å². The quantitative estimate of drug-likeness (QED) is 0.660. The van der Waals surface area contributed by atoms with Gasteiger partial charge in [0.2, 0.25) is 0 Å². The number of anilines is 1. The van der Waals surface area contributed by atoms with Gasteiger partial charge in [0.25, 0.3) is 0 Å². The number of ether oxygens (including phenoxy) is 2. The van der Waals surface area contributed by atoms with Gasteiger partial charge in [0.05, 0.1) is 19.3 Å². The van der Waals surface area contributed by atoms with Crippen molar-refractivity contribution in [3.05, 3.63) is 59.7 Å². The van der Waals surface area contributed by atoms with E-state index in [0.29, 0.717) is 26.3 Å². The van der Waals surface area contributed by atoms with Crippen LogP contribution in [0, 0.1) is 6.92 Å². The van der Waals surface area contributed by atoms with E-state index in [9.17, 15) is 22.8 Å². The smallest absolute Gasteiger partial charge is 0.406 e. The van der Waals surface area contributed by atoms with Crippen LogP contribution in [-0.4, -0.2) is 55.9 Å². The molecule has 172 valence electrons. The van der Waals surface area contributed by atoms with E-state index in [-0.39, 0.29) is 18.3 Å². The van der Waals surface area contributed by atoms with Crippen molar-refractivity contribution in [3.63, 3.8) is 0 Å². The predicted molar refractivity (Wildman–Crippen MR) is 111 cm³/mol. The Balaban J connectivity index is 1.59. The van der Waals surface area contributed by atoms with E-state index in [1.54, 1.807) is 0 Å². The number of hydrogen-bond donors (Lipinski definition) is 2. The van der Waals surface area contributed by atoms with Gasteiger partial charge in [-0.25, -0.2) is 0 Å². The molecule has 2 N–H and O–H groups in total. The van der Waals surface area contributed by atoms with Gasteiger partial charge in [-0.3, -0.25) is 14.5 Å². The Morgan fingerprint density at radius 2 is 1.66 bits per heavy atom. The summed E-state index contributed by atoms with van der Waals surface area (Å²) in [6.45, 7) is 4.78. The topological polar surface area (TPSA) is 79.9 Å². The molecule has 2 aromatic carbocycles. The minimum absolute atomic E-state index is 0.130. The first-order valence-corrected chi connectivity index (χ1v) is 10.0. The summed E-state index contributed by atoms with van der Waals surface area (Å²) in [4.78, 5) is 26.7. The maximum Gasteiger partial charge on any atom is 0.573 e. The van der Waals surface area contributed by atoms with Crippen molar-refractivity contribution < 1.29 is 32.2 Å². The maximum atomic E-state index is 12.3. The monoisotopic (exact) mass is 451 g/mol. The minimum atomic E-state index is -4.81. The van der Waals surface area contributed by atoms with Crippen molar-refractivity contribution >= 4 is 17.5 Å². The summed E-state index contributed by atoms with van der Waals surface area (Å²) < 4.78 is 45.9. The molecule has 3 rings (SSSR count). The zero-order valence-electron chi connectivity index (χ0n) is 17.4. The van der Waals surface area contributed by atoms with Crippen molar-refractivity contribution in [3.8, 4) is 5.75 Å². The molecule has 32 heavy (non-hydrogen) atoms. The van der Waals surface area contributed by atoms with Gasteiger partial charge in [0.1, 0.15) is 5.75 Å². The number of aryl methyl sites for hydroxylation is 1. The highest BCUT2D eigenvalue weighted by Crippen LogP contribution is 2.24. The van der Waals surface area contributed by atoms with Gasteiger partial charge in [-0.2, -0.15) is 0 Å². The average molecular weight is 451 g/mol. The zero-order valence-corrected chi connectivity index (χ0v) is 17.4. The Bertz CT molecular complexity index is 912. The van der Waals surface area contributed by atoms with Crippen LogP contribution in [0.2, 0.25) is 0 Å². The molecule has 1 heterocycles. The fourth-order valence-electron chi connectivity index (χ4n) is 3.33. The van der Waals surface area contributed by atoms with Gasteiger partial charge in [0, 0.05) is 25.3 Å². The Morgan fingerprint density at radius 3 is 2.25 bits per heavy atom. The molecule has 1 aliphatic rings. The number of hydrogen-bond acceptors (Lipinski definition) is 5. The van der Waals surface area contributed by atoms with Gasteiger partial charge in [-0.1, -0.05) is 29.8 Å². The zero-order chi connectivity index (χ0) is 23.1. The average Bonchev–Trinajstić information content (AvgIpc) is 2.76. The van der Waals surface area contributed by atoms with Gasteiger partial charge in [-0.05, 0) is 36.8 Å². The molecule has 1 saturated heterocycles. The summed E-state index contributed by atoms with van der Waals surface area (Å²) >= 11 is 0. The summed E-state index contributed by atoms with van der Waals surface area (Å²) in [6.07, 6.45) is -4.81. The molecule has 0 aliphatic carbocycles. The number of nitrogens with one attached hydrogen (secondary N) is 2. The molecular formula is C22H24F3N3O4. The van der Waals surface area contributed by atoms with Crippen LogP contribution in [0.1, 0.15) is 17.2 Å². The Kier molecular flexibility index (Phi) is 7.70. The predicted octanol–water partition coefficient (Wildman–Crippen LogP) is 3.02. The van der Waals surface area contributed by atoms with Crippen molar-refractivity contribution in [2.75, 3.05) is 38.2 Å². The second kappa shape index (κ2) is 10.5. The third-order valence-electron chi connectivity index (χ3n) is 4.96. The highest BCUT2D eigenvalue weighted by Gasteiger charge is 2.31. The van der Waals surface area contributed by atoms with Gasteiger partial charge >= 0.3 is 18.2 Å². The molecule has 0 bridgehead atoms. The lowest BCUT2D eigenvalue weighted by atomic mass is 10.0. The van der Waals surface area contributed by atoms with Crippen molar-refractivity contribution in [1.29, 1.82) is 0 Å². The lowest BCUT2D eigenvalue weighted by Gasteiger charge is -2.35. The Morgan fingerprint density at radius 1 is 1.03 bits per heavy atom. The second-order valence-corrected chi connectivity index (χ2v) is 7.31. The summed E-state index contributed by atoms with van der Waals surface area (Å²) in [5.74, 6) is -2.18. The number of halogens is 3. The number of nitrogens with zero attached hydrogens (tertiary/aromatic N) is 1. The summed E-state index contributed by atoms with van der Waals surface area (Å²) in [5, 5.41) is 5.01. The third kappa shape index (κ3) is 6.96. The molecule has 0 unspecified atom stereocenters. The molecule has 0 saturated carbocycles. The molecule has 0 radical (unpaired) electrons. The summed E-state index contributed by atoms with van der Waals surface area (Å²) in [5.41, 5.74) is 2.30. The number of amides is 2. The van der Waals surface area contributed by atoms with Gasteiger partial charge in [-0.15, -0.1) is 13.2 Å². The van der Waals surface area contributed by atoms with Gasteiger partial charge in [0.15, 0.2) is 0 Å². The number of rotatable bonds is 6.